The van der Waals surface area contributed by atoms with Crippen molar-refractivity contribution in [2.24, 2.45) is 0 Å². The maximum absolute atomic E-state index is 2.50. The molecule has 1 aliphatic carbocycles. The molecule has 27 aromatic rings. The van der Waals surface area contributed by atoms with Gasteiger partial charge in [0.1, 0.15) is 0 Å². The molecule has 0 amide bonds. The van der Waals surface area contributed by atoms with E-state index in [4.69, 9.17) is 0 Å². The van der Waals surface area contributed by atoms with Gasteiger partial charge in [-0.15, -0.1) is 0 Å². The molecule has 22 aromatic carbocycles. The van der Waals surface area contributed by atoms with Gasteiger partial charge in [-0.25, -0.2) is 0 Å². The molecule has 5 heteroatoms. The SMILES string of the molecule is c1ccc(-c2ccc(-n3c4ccc(-c5ccc6c(c5)c5ccccc5n6-c5ccc6ccccc6c5)cc4c4cc5c(cc43)C(c3ccc4ccccc4c3)c3ccccc3-5)cc2)cc1.c1ccc(-c2ccc(-n3c4ccccc4c4cc5c6cc(-c7ccc8c(c7)c7ccccc7n8-c7ccc8ccccc8c7)ccc6n(-c6ccc(-c7ccccc7)cc6)c5cc43)cc2)cc1. The molecule has 132 heavy (non-hydrogen) atoms. The lowest BCUT2D eigenvalue weighted by Gasteiger charge is -2.16. The standard InChI is InChI=1S/C64H41N3.C63H40N2/c1-3-13-42(14-4-1)45-23-30-50(31-24-45)65-59-21-11-10-20-54(59)57-40-58-56-39-49(29-36-62(56)66(64(58)41-63(57)65)51-32-25-46(26-33-51)43-15-5-2-6-16-43)48-28-35-61-55(38-48)53-19-9-12-22-60(53)67(61)52-34-27-44-17-7-8-18-47(44)37-52;1-2-12-40(13-3-1)43-24-29-49(30-25-43)64-61-33-28-47(46-27-32-60-55(36-46)52-19-10-11-21-59(52)65(60)50-31-26-42-15-5-7-17-45(42)35-50)37-56(61)57-38-54-51-18-8-9-20-53(51)63(58(54)39-62(57)64)48-23-22-41-14-4-6-16-44(41)34-48/h1-41H;1-39,63H. The van der Waals surface area contributed by atoms with Crippen molar-refractivity contribution in [1.29, 1.82) is 0 Å². The second-order valence-electron chi connectivity index (χ2n) is 35.4. The van der Waals surface area contributed by atoms with Gasteiger partial charge in [0, 0.05) is 88.2 Å². The number of hydrogen-bond acceptors (Lipinski definition) is 0. The van der Waals surface area contributed by atoms with E-state index in [1.165, 1.54) is 236 Å². The zero-order valence-corrected chi connectivity index (χ0v) is 72.0. The van der Waals surface area contributed by atoms with Crippen LogP contribution < -0.4 is 0 Å². The average molecular weight is 1680 g/mol. The first kappa shape index (κ1) is 74.8. The Hall–Kier alpha value is -17.4. The number of rotatable bonds is 11. The van der Waals surface area contributed by atoms with E-state index in [0.29, 0.717) is 0 Å². The number of para-hydroxylation sites is 3. The van der Waals surface area contributed by atoms with Gasteiger partial charge in [-0.1, -0.05) is 334 Å². The summed E-state index contributed by atoms with van der Waals surface area (Å²) >= 11 is 0. The van der Waals surface area contributed by atoms with Gasteiger partial charge in [0.25, 0.3) is 0 Å². The normalized spacial score (nSPS) is 12.6. The zero-order chi connectivity index (χ0) is 86.6. The molecule has 0 radical (unpaired) electrons. The second-order valence-corrected chi connectivity index (χ2v) is 35.4. The van der Waals surface area contributed by atoms with Crippen molar-refractivity contribution in [3.8, 4) is 95.2 Å². The summed E-state index contributed by atoms with van der Waals surface area (Å²) in [6.45, 7) is 0. The predicted molar refractivity (Wildman–Crippen MR) is 557 cm³/mol. The quantitative estimate of drug-likeness (QED) is 0.123. The van der Waals surface area contributed by atoms with Crippen molar-refractivity contribution in [3.05, 3.63) is 502 Å². The van der Waals surface area contributed by atoms with Crippen LogP contribution in [0.3, 0.4) is 0 Å². The summed E-state index contributed by atoms with van der Waals surface area (Å²) in [5.41, 5.74) is 36.5. The summed E-state index contributed by atoms with van der Waals surface area (Å²) in [7, 11) is 0. The fraction of sp³-hybridized carbons (Fsp3) is 0.00787. The highest BCUT2D eigenvalue weighted by atomic mass is 15.0. The summed E-state index contributed by atoms with van der Waals surface area (Å²) in [4.78, 5) is 0. The molecule has 614 valence electrons. The van der Waals surface area contributed by atoms with Crippen LogP contribution in [0.1, 0.15) is 22.6 Å². The van der Waals surface area contributed by atoms with Gasteiger partial charge in [0.2, 0.25) is 0 Å². The van der Waals surface area contributed by atoms with Gasteiger partial charge in [-0.3, -0.25) is 0 Å². The predicted octanol–water partition coefficient (Wildman–Crippen LogP) is 33.8. The van der Waals surface area contributed by atoms with Crippen LogP contribution in [-0.4, -0.2) is 22.8 Å². The Morgan fingerprint density at radius 2 is 0.409 bits per heavy atom. The highest BCUT2D eigenvalue weighted by molar-refractivity contribution is 6.21. The summed E-state index contributed by atoms with van der Waals surface area (Å²) in [5, 5.41) is 20.0. The van der Waals surface area contributed by atoms with Crippen LogP contribution in [-0.2, 0) is 0 Å². The number of aromatic nitrogens is 5. The topological polar surface area (TPSA) is 24.6 Å². The molecule has 0 saturated heterocycles. The Kier molecular flexibility index (Phi) is 17.1. The Balaban J connectivity index is 0.000000135. The molecule has 0 fully saturated rings. The Morgan fingerprint density at radius 1 is 0.129 bits per heavy atom. The summed E-state index contributed by atoms with van der Waals surface area (Å²) in [5.74, 6) is 0.126. The zero-order valence-electron chi connectivity index (χ0n) is 72.0. The molecular formula is C127H81N5. The summed E-state index contributed by atoms with van der Waals surface area (Å²) < 4.78 is 12.2. The van der Waals surface area contributed by atoms with Crippen molar-refractivity contribution in [1.82, 2.24) is 22.8 Å². The van der Waals surface area contributed by atoms with E-state index < -0.39 is 0 Å². The lowest BCUT2D eigenvalue weighted by atomic mass is 9.88. The highest BCUT2D eigenvalue weighted by Gasteiger charge is 2.33. The minimum absolute atomic E-state index is 0.126. The van der Waals surface area contributed by atoms with Gasteiger partial charge >= 0.3 is 0 Å². The van der Waals surface area contributed by atoms with Crippen LogP contribution in [0, 0.1) is 0 Å². The monoisotopic (exact) mass is 1680 g/mol. The van der Waals surface area contributed by atoms with Gasteiger partial charge in [0.15, 0.2) is 0 Å². The highest BCUT2D eigenvalue weighted by Crippen LogP contribution is 2.53. The molecule has 1 unspecified atom stereocenters. The third-order valence-electron chi connectivity index (χ3n) is 28.2. The largest absolute Gasteiger partial charge is 0.309 e. The van der Waals surface area contributed by atoms with Gasteiger partial charge in [-0.2, -0.15) is 0 Å². The van der Waals surface area contributed by atoms with Gasteiger partial charge < -0.3 is 22.8 Å². The summed E-state index contributed by atoms with van der Waals surface area (Å²) in [6, 6.07) is 179. The number of benzene rings is 22. The first-order chi connectivity index (χ1) is 65.4. The van der Waals surface area contributed by atoms with E-state index in [-0.39, 0.29) is 5.92 Å². The third kappa shape index (κ3) is 12.1. The van der Waals surface area contributed by atoms with E-state index in [9.17, 15) is 0 Å². The minimum Gasteiger partial charge on any atom is -0.309 e. The van der Waals surface area contributed by atoms with E-state index >= 15 is 0 Å². The minimum atomic E-state index is 0.126. The molecule has 5 nitrogen and oxygen atoms in total. The van der Waals surface area contributed by atoms with Gasteiger partial charge in [-0.05, 0) is 267 Å². The first-order valence-corrected chi connectivity index (χ1v) is 45.7. The van der Waals surface area contributed by atoms with Crippen molar-refractivity contribution in [3.63, 3.8) is 0 Å². The molecule has 5 heterocycles. The van der Waals surface area contributed by atoms with Crippen LogP contribution >= 0.6 is 0 Å². The number of fused-ring (bicyclic) bond motifs is 21. The van der Waals surface area contributed by atoms with Crippen LogP contribution in [0.2, 0.25) is 0 Å². The molecule has 28 rings (SSSR count). The maximum atomic E-state index is 2.50. The number of nitrogens with zero attached hydrogens (tertiary/aromatic N) is 5. The molecule has 1 aliphatic rings. The van der Waals surface area contributed by atoms with Crippen molar-refractivity contribution < 1.29 is 0 Å². The maximum Gasteiger partial charge on any atom is 0.0562 e. The Bertz CT molecular complexity index is 9370. The van der Waals surface area contributed by atoms with Crippen LogP contribution in [0.4, 0.5) is 0 Å². The molecular weight excluding hydrogens is 1600 g/mol. The fourth-order valence-electron chi connectivity index (χ4n) is 21.9. The number of hydrogen-bond donors (Lipinski definition) is 0. The first-order valence-electron chi connectivity index (χ1n) is 45.7. The van der Waals surface area contributed by atoms with E-state index in [2.05, 4.69) is 508 Å². The fourth-order valence-corrected chi connectivity index (χ4v) is 21.9. The molecule has 0 aliphatic heterocycles. The van der Waals surface area contributed by atoms with Gasteiger partial charge in [0.05, 0.1) is 55.2 Å². The summed E-state index contributed by atoms with van der Waals surface area (Å²) in [6.07, 6.45) is 0. The molecule has 0 bridgehead atoms. The van der Waals surface area contributed by atoms with Crippen LogP contribution in [0.25, 0.3) is 237 Å². The molecule has 0 spiro atoms. The van der Waals surface area contributed by atoms with Crippen LogP contribution in [0.15, 0.2) is 485 Å². The third-order valence-corrected chi connectivity index (χ3v) is 28.2. The van der Waals surface area contributed by atoms with Crippen molar-refractivity contribution >= 4 is 141 Å². The van der Waals surface area contributed by atoms with E-state index in [0.717, 1.165) is 17.1 Å². The van der Waals surface area contributed by atoms with E-state index in [1.54, 1.807) is 0 Å². The average Bonchev–Trinajstić information content (AvgIpc) is 1.56. The van der Waals surface area contributed by atoms with Crippen LogP contribution in [0.5, 0.6) is 0 Å². The molecule has 0 saturated carbocycles. The Morgan fingerprint density at radius 3 is 0.826 bits per heavy atom. The molecule has 0 N–H and O–H groups in total. The lowest BCUT2D eigenvalue weighted by molar-refractivity contribution is 1.02. The molecule has 1 atom stereocenters. The lowest BCUT2D eigenvalue weighted by Crippen LogP contribution is -2.00. The Labute approximate surface area is 761 Å². The van der Waals surface area contributed by atoms with Crippen molar-refractivity contribution in [2.75, 3.05) is 0 Å². The molecule has 5 aromatic heterocycles. The smallest absolute Gasteiger partial charge is 0.0562 e. The van der Waals surface area contributed by atoms with E-state index in [1.807, 2.05) is 0 Å². The second kappa shape index (κ2) is 30.2. The van der Waals surface area contributed by atoms with Crippen molar-refractivity contribution in [2.45, 2.75) is 5.92 Å².